The third-order valence-corrected chi connectivity index (χ3v) is 11.8. The number of ether oxygens (including phenoxy) is 3. The van der Waals surface area contributed by atoms with Gasteiger partial charge in [-0.3, -0.25) is 9.59 Å². The molecule has 0 rings (SSSR count). The van der Waals surface area contributed by atoms with E-state index in [0.29, 0.717) is 19.4 Å². The summed E-state index contributed by atoms with van der Waals surface area (Å²) in [6.07, 6.45) is 65.5. The fraction of sp³-hybridized carbons (Fsp3) is 0.825. The van der Waals surface area contributed by atoms with Crippen LogP contribution in [0.5, 0.6) is 0 Å². The van der Waals surface area contributed by atoms with E-state index in [2.05, 4.69) is 69.4 Å². The minimum Gasteiger partial charge on any atom is -0.462 e. The molecule has 0 aliphatic heterocycles. The van der Waals surface area contributed by atoms with Crippen LogP contribution >= 0.6 is 0 Å². The summed E-state index contributed by atoms with van der Waals surface area (Å²) in [7, 11) is 0. The lowest BCUT2D eigenvalue weighted by Gasteiger charge is -2.18. The maximum Gasteiger partial charge on any atom is 0.306 e. The monoisotopic (exact) mass is 869 g/mol. The molecule has 5 nitrogen and oxygen atoms in total. The zero-order chi connectivity index (χ0) is 44.9. The lowest BCUT2D eigenvalue weighted by Crippen LogP contribution is -2.30. The predicted molar refractivity (Wildman–Crippen MR) is 270 cm³/mol. The number of hydrogen-bond donors (Lipinski definition) is 0. The molecule has 0 saturated carbocycles. The highest BCUT2D eigenvalue weighted by Crippen LogP contribution is 2.14. The first-order valence-electron chi connectivity index (χ1n) is 27.2. The van der Waals surface area contributed by atoms with Crippen molar-refractivity contribution in [3.05, 3.63) is 48.6 Å². The highest BCUT2D eigenvalue weighted by Gasteiger charge is 2.17. The van der Waals surface area contributed by atoms with Crippen molar-refractivity contribution in [3.8, 4) is 0 Å². The number of esters is 2. The molecule has 0 aromatic rings. The van der Waals surface area contributed by atoms with Gasteiger partial charge in [-0.2, -0.15) is 0 Å². The van der Waals surface area contributed by atoms with Crippen molar-refractivity contribution < 1.29 is 23.8 Å². The summed E-state index contributed by atoms with van der Waals surface area (Å²) < 4.78 is 17.4. The van der Waals surface area contributed by atoms with Gasteiger partial charge >= 0.3 is 11.9 Å². The minimum absolute atomic E-state index is 0.0791. The van der Waals surface area contributed by atoms with Crippen LogP contribution < -0.4 is 0 Å². The van der Waals surface area contributed by atoms with Gasteiger partial charge in [-0.05, 0) is 96.3 Å². The van der Waals surface area contributed by atoms with Crippen LogP contribution in [0, 0.1) is 0 Å². The molecule has 0 fully saturated rings. The Labute approximate surface area is 386 Å². The van der Waals surface area contributed by atoms with E-state index in [4.69, 9.17) is 14.2 Å². The lowest BCUT2D eigenvalue weighted by atomic mass is 10.1. The first kappa shape index (κ1) is 59.9. The quantitative estimate of drug-likeness (QED) is 0.0346. The van der Waals surface area contributed by atoms with Crippen LogP contribution in [0.25, 0.3) is 0 Å². The van der Waals surface area contributed by atoms with E-state index < -0.39 is 6.10 Å². The molecule has 5 heteroatoms. The predicted octanol–water partition coefficient (Wildman–Crippen LogP) is 18.3. The second-order valence-corrected chi connectivity index (χ2v) is 18.1. The molecule has 0 saturated heterocycles. The summed E-state index contributed by atoms with van der Waals surface area (Å²) in [5.74, 6) is -0.407. The Kier molecular flexibility index (Phi) is 51.4. The fourth-order valence-corrected chi connectivity index (χ4v) is 7.69. The zero-order valence-corrected chi connectivity index (χ0v) is 41.6. The molecule has 0 heterocycles. The molecule has 0 aromatic carbocycles. The largest absolute Gasteiger partial charge is 0.462 e. The van der Waals surface area contributed by atoms with Gasteiger partial charge in [-0.25, -0.2) is 0 Å². The highest BCUT2D eigenvalue weighted by atomic mass is 16.6. The van der Waals surface area contributed by atoms with E-state index in [1.54, 1.807) is 0 Å². The number of allylic oxidation sites excluding steroid dienone is 8. The van der Waals surface area contributed by atoms with Crippen LogP contribution in [0.2, 0.25) is 0 Å². The molecule has 0 amide bonds. The van der Waals surface area contributed by atoms with Gasteiger partial charge in [0.2, 0.25) is 0 Å². The van der Waals surface area contributed by atoms with Crippen molar-refractivity contribution >= 4 is 11.9 Å². The van der Waals surface area contributed by atoms with E-state index in [0.717, 1.165) is 57.8 Å². The van der Waals surface area contributed by atoms with Crippen LogP contribution in [0.1, 0.15) is 278 Å². The van der Waals surface area contributed by atoms with Crippen LogP contribution in [0.15, 0.2) is 48.6 Å². The Morgan fingerprint density at radius 3 is 1.16 bits per heavy atom. The molecule has 0 aliphatic carbocycles. The Morgan fingerprint density at radius 1 is 0.355 bits per heavy atom. The molecule has 1 atom stereocenters. The molecule has 0 N–H and O–H groups in total. The van der Waals surface area contributed by atoms with Crippen LogP contribution in [0.3, 0.4) is 0 Å². The third-order valence-electron chi connectivity index (χ3n) is 11.8. The maximum atomic E-state index is 12.8. The molecular weight excluding hydrogens is 765 g/mol. The molecule has 0 radical (unpaired) electrons. The van der Waals surface area contributed by atoms with E-state index >= 15 is 0 Å². The van der Waals surface area contributed by atoms with Crippen LogP contribution in [0.4, 0.5) is 0 Å². The second-order valence-electron chi connectivity index (χ2n) is 18.1. The van der Waals surface area contributed by atoms with E-state index in [1.807, 2.05) is 0 Å². The molecule has 362 valence electrons. The lowest BCUT2D eigenvalue weighted by molar-refractivity contribution is -0.163. The summed E-state index contributed by atoms with van der Waals surface area (Å²) in [4.78, 5) is 25.4. The van der Waals surface area contributed by atoms with E-state index in [-0.39, 0.29) is 25.2 Å². The summed E-state index contributed by atoms with van der Waals surface area (Å²) in [5, 5.41) is 0. The number of carbonyl (C=O) groups is 2. The number of unbranched alkanes of at least 4 members (excludes halogenated alkanes) is 31. The molecule has 0 bridgehead atoms. The first-order valence-corrected chi connectivity index (χ1v) is 27.2. The molecule has 62 heavy (non-hydrogen) atoms. The second kappa shape index (κ2) is 53.2. The van der Waals surface area contributed by atoms with Crippen molar-refractivity contribution in [2.24, 2.45) is 0 Å². The van der Waals surface area contributed by atoms with Gasteiger partial charge in [-0.1, -0.05) is 217 Å². The minimum atomic E-state index is -0.543. The standard InChI is InChI=1S/C57H104O5/c1-4-7-10-13-16-19-22-24-26-28-30-32-34-37-40-43-46-49-52-60-53-55(62-57(59)51-48-45-42-39-35-21-18-15-12-9-6-3)54-61-56(58)50-47-44-41-38-36-33-31-29-27-25-23-20-17-14-11-8-5-2/h15-16,18-19,24-27,55H,4-14,17,20-23,28-54H2,1-3H3/b18-15-,19-16-,26-24-,27-25-. The van der Waals surface area contributed by atoms with Gasteiger partial charge in [0, 0.05) is 19.4 Å². The van der Waals surface area contributed by atoms with Gasteiger partial charge in [0.05, 0.1) is 6.61 Å². The Morgan fingerprint density at radius 2 is 0.694 bits per heavy atom. The van der Waals surface area contributed by atoms with Crippen LogP contribution in [-0.4, -0.2) is 37.9 Å². The normalized spacial score (nSPS) is 12.5. The summed E-state index contributed by atoms with van der Waals surface area (Å²) in [6.45, 7) is 7.77. The van der Waals surface area contributed by atoms with Gasteiger partial charge < -0.3 is 14.2 Å². The molecule has 1 unspecified atom stereocenters. The smallest absolute Gasteiger partial charge is 0.306 e. The van der Waals surface area contributed by atoms with Crippen molar-refractivity contribution in [1.82, 2.24) is 0 Å². The third kappa shape index (κ3) is 50.5. The van der Waals surface area contributed by atoms with E-state index in [9.17, 15) is 9.59 Å². The average Bonchev–Trinajstić information content (AvgIpc) is 3.27. The summed E-state index contributed by atoms with van der Waals surface area (Å²) in [6, 6.07) is 0. The van der Waals surface area contributed by atoms with Gasteiger partial charge in [-0.15, -0.1) is 0 Å². The Bertz CT molecular complexity index is 1030. The Hall–Kier alpha value is -2.14. The fourth-order valence-electron chi connectivity index (χ4n) is 7.69. The molecule has 0 spiro atoms. The van der Waals surface area contributed by atoms with E-state index in [1.165, 1.54) is 186 Å². The van der Waals surface area contributed by atoms with Crippen molar-refractivity contribution in [2.45, 2.75) is 284 Å². The van der Waals surface area contributed by atoms with Gasteiger partial charge in [0.15, 0.2) is 6.10 Å². The highest BCUT2D eigenvalue weighted by molar-refractivity contribution is 5.70. The molecule has 0 aromatic heterocycles. The SMILES string of the molecule is CCCC/C=C\CCCCCCCC(=O)OC(COCCCCCCCCCC/C=C\C/C=C\CCCCC)COC(=O)CCCCCCCCC/C=C\CCCCCCCC. The topological polar surface area (TPSA) is 61.8 Å². The zero-order valence-electron chi connectivity index (χ0n) is 41.6. The van der Waals surface area contributed by atoms with Crippen LogP contribution in [-0.2, 0) is 23.8 Å². The number of rotatable bonds is 50. The van der Waals surface area contributed by atoms with Crippen molar-refractivity contribution in [3.63, 3.8) is 0 Å². The Balaban J connectivity index is 4.22. The summed E-state index contributed by atoms with van der Waals surface area (Å²) >= 11 is 0. The van der Waals surface area contributed by atoms with Gasteiger partial charge in [0.1, 0.15) is 6.61 Å². The first-order chi connectivity index (χ1) is 30.6. The average molecular weight is 869 g/mol. The van der Waals surface area contributed by atoms with Gasteiger partial charge in [0.25, 0.3) is 0 Å². The van der Waals surface area contributed by atoms with Crippen molar-refractivity contribution in [2.75, 3.05) is 19.8 Å². The summed E-state index contributed by atoms with van der Waals surface area (Å²) in [5.41, 5.74) is 0. The number of carbonyl (C=O) groups excluding carboxylic acids is 2. The number of hydrogen-bond acceptors (Lipinski definition) is 5. The maximum absolute atomic E-state index is 12.8. The van der Waals surface area contributed by atoms with Crippen molar-refractivity contribution in [1.29, 1.82) is 0 Å². The molecular formula is C57H104O5. The molecule has 0 aliphatic rings.